The van der Waals surface area contributed by atoms with E-state index in [1.807, 2.05) is 13.8 Å². The SMILES string of the molecule is CCN(CC)CCNC(=O)C(=O)Nc1ccc(C)c(F)c1. The van der Waals surface area contributed by atoms with Gasteiger partial charge in [-0.2, -0.15) is 0 Å². The number of benzene rings is 1. The number of hydrogen-bond donors (Lipinski definition) is 2. The van der Waals surface area contributed by atoms with Crippen molar-refractivity contribution in [3.8, 4) is 0 Å². The lowest BCUT2D eigenvalue weighted by Gasteiger charge is -2.17. The molecule has 116 valence electrons. The van der Waals surface area contributed by atoms with E-state index in [2.05, 4.69) is 15.5 Å². The van der Waals surface area contributed by atoms with Gasteiger partial charge in [0, 0.05) is 18.8 Å². The van der Waals surface area contributed by atoms with Gasteiger partial charge in [0.15, 0.2) is 0 Å². The summed E-state index contributed by atoms with van der Waals surface area (Å²) in [5, 5.41) is 4.91. The number of amides is 2. The highest BCUT2D eigenvalue weighted by Gasteiger charge is 2.14. The highest BCUT2D eigenvalue weighted by atomic mass is 19.1. The maximum atomic E-state index is 13.3. The Morgan fingerprint density at radius 1 is 1.19 bits per heavy atom. The van der Waals surface area contributed by atoms with Crippen LogP contribution in [-0.4, -0.2) is 42.9 Å². The Kier molecular flexibility index (Phi) is 6.81. The molecule has 0 unspecified atom stereocenters. The molecule has 0 saturated heterocycles. The first kappa shape index (κ1) is 17.1. The smallest absolute Gasteiger partial charge is 0.313 e. The fourth-order valence-corrected chi connectivity index (χ4v) is 1.81. The third kappa shape index (κ3) is 5.51. The molecule has 1 aromatic rings. The van der Waals surface area contributed by atoms with Gasteiger partial charge in [-0.3, -0.25) is 9.59 Å². The maximum absolute atomic E-state index is 13.3. The summed E-state index contributed by atoms with van der Waals surface area (Å²) in [6.45, 7) is 8.55. The largest absolute Gasteiger partial charge is 0.347 e. The average Bonchev–Trinajstić information content (AvgIpc) is 2.47. The molecule has 0 heterocycles. The summed E-state index contributed by atoms with van der Waals surface area (Å²) in [6, 6.07) is 4.29. The summed E-state index contributed by atoms with van der Waals surface area (Å²) in [5.74, 6) is -1.93. The lowest BCUT2D eigenvalue weighted by Crippen LogP contribution is -2.40. The Morgan fingerprint density at radius 2 is 1.86 bits per heavy atom. The first-order chi connectivity index (χ1) is 9.97. The second-order valence-electron chi connectivity index (χ2n) is 4.70. The molecule has 0 bridgehead atoms. The molecule has 0 aliphatic heterocycles. The van der Waals surface area contributed by atoms with Crippen molar-refractivity contribution in [2.45, 2.75) is 20.8 Å². The van der Waals surface area contributed by atoms with Crippen molar-refractivity contribution >= 4 is 17.5 Å². The molecule has 0 aromatic heterocycles. The Labute approximate surface area is 124 Å². The molecule has 0 spiro atoms. The van der Waals surface area contributed by atoms with Crippen molar-refractivity contribution in [2.75, 3.05) is 31.5 Å². The highest BCUT2D eigenvalue weighted by molar-refractivity contribution is 6.39. The summed E-state index contributed by atoms with van der Waals surface area (Å²) >= 11 is 0. The number of carbonyl (C=O) groups excluding carboxylic acids is 2. The number of nitrogens with one attached hydrogen (secondary N) is 2. The number of nitrogens with zero attached hydrogens (tertiary/aromatic N) is 1. The summed E-state index contributed by atoms with van der Waals surface area (Å²) in [7, 11) is 0. The molecule has 1 aromatic carbocycles. The van der Waals surface area contributed by atoms with Gasteiger partial charge in [-0.05, 0) is 37.7 Å². The molecule has 0 atom stereocenters. The van der Waals surface area contributed by atoms with Crippen LogP contribution in [0.3, 0.4) is 0 Å². The Balaban J connectivity index is 2.44. The lowest BCUT2D eigenvalue weighted by atomic mass is 10.2. The van der Waals surface area contributed by atoms with Gasteiger partial charge in [-0.25, -0.2) is 4.39 Å². The molecule has 2 N–H and O–H groups in total. The van der Waals surface area contributed by atoms with Crippen molar-refractivity contribution in [3.05, 3.63) is 29.6 Å². The van der Waals surface area contributed by atoms with Gasteiger partial charge in [0.25, 0.3) is 0 Å². The molecule has 0 radical (unpaired) electrons. The van der Waals surface area contributed by atoms with E-state index in [0.717, 1.165) is 13.1 Å². The van der Waals surface area contributed by atoms with Crippen LogP contribution in [0.2, 0.25) is 0 Å². The summed E-state index contributed by atoms with van der Waals surface area (Å²) < 4.78 is 13.3. The molecule has 1 rings (SSSR count). The van der Waals surface area contributed by atoms with Crippen LogP contribution in [0.5, 0.6) is 0 Å². The minimum Gasteiger partial charge on any atom is -0.347 e. The van der Waals surface area contributed by atoms with Crippen LogP contribution in [0.25, 0.3) is 0 Å². The Bertz CT molecular complexity index is 502. The van der Waals surface area contributed by atoms with E-state index >= 15 is 0 Å². The second-order valence-corrected chi connectivity index (χ2v) is 4.70. The summed E-state index contributed by atoms with van der Waals surface area (Å²) in [5.41, 5.74) is 0.749. The molecule has 0 aliphatic carbocycles. The Morgan fingerprint density at radius 3 is 2.43 bits per heavy atom. The number of hydrogen-bond acceptors (Lipinski definition) is 3. The first-order valence-corrected chi connectivity index (χ1v) is 7.05. The van der Waals surface area contributed by atoms with Crippen LogP contribution in [-0.2, 0) is 9.59 Å². The predicted octanol–water partition coefficient (Wildman–Crippen LogP) is 1.53. The predicted molar refractivity (Wildman–Crippen MR) is 80.6 cm³/mol. The van der Waals surface area contributed by atoms with Crippen molar-refractivity contribution in [1.29, 1.82) is 0 Å². The molecular weight excluding hydrogens is 273 g/mol. The zero-order valence-corrected chi connectivity index (χ0v) is 12.7. The lowest BCUT2D eigenvalue weighted by molar-refractivity contribution is -0.136. The topological polar surface area (TPSA) is 61.4 Å². The van der Waals surface area contributed by atoms with E-state index in [1.54, 1.807) is 19.1 Å². The molecule has 6 heteroatoms. The zero-order valence-electron chi connectivity index (χ0n) is 12.7. The van der Waals surface area contributed by atoms with Gasteiger partial charge in [0.05, 0.1) is 0 Å². The number of rotatable bonds is 6. The Hall–Kier alpha value is -1.95. The number of aryl methyl sites for hydroxylation is 1. The van der Waals surface area contributed by atoms with E-state index in [-0.39, 0.29) is 5.69 Å². The highest BCUT2D eigenvalue weighted by Crippen LogP contribution is 2.13. The standard InChI is InChI=1S/C15H22FN3O2/c1-4-19(5-2)9-8-17-14(20)15(21)18-12-7-6-11(3)13(16)10-12/h6-7,10H,4-5,8-9H2,1-3H3,(H,17,20)(H,18,21). The van der Waals surface area contributed by atoms with Crippen molar-refractivity contribution < 1.29 is 14.0 Å². The van der Waals surface area contributed by atoms with Gasteiger partial charge >= 0.3 is 11.8 Å². The van der Waals surface area contributed by atoms with Crippen LogP contribution < -0.4 is 10.6 Å². The second kappa shape index (κ2) is 8.36. The number of likely N-dealkylation sites (N-methyl/N-ethyl adjacent to an activating group) is 1. The molecule has 0 saturated carbocycles. The van der Waals surface area contributed by atoms with E-state index in [0.29, 0.717) is 18.7 Å². The van der Waals surface area contributed by atoms with Gasteiger partial charge in [0.1, 0.15) is 5.82 Å². The molecule has 21 heavy (non-hydrogen) atoms. The maximum Gasteiger partial charge on any atom is 0.313 e. The summed E-state index contributed by atoms with van der Waals surface area (Å²) in [4.78, 5) is 25.4. The normalized spacial score (nSPS) is 10.5. The number of anilines is 1. The molecule has 0 fully saturated rings. The molecule has 5 nitrogen and oxygen atoms in total. The zero-order chi connectivity index (χ0) is 15.8. The first-order valence-electron chi connectivity index (χ1n) is 7.05. The number of carbonyl (C=O) groups is 2. The van der Waals surface area contributed by atoms with E-state index in [1.165, 1.54) is 6.07 Å². The van der Waals surface area contributed by atoms with Crippen LogP contribution in [0.4, 0.5) is 10.1 Å². The van der Waals surface area contributed by atoms with E-state index in [9.17, 15) is 14.0 Å². The van der Waals surface area contributed by atoms with Gasteiger partial charge in [-0.15, -0.1) is 0 Å². The van der Waals surface area contributed by atoms with Gasteiger partial charge in [0.2, 0.25) is 0 Å². The summed E-state index contributed by atoms with van der Waals surface area (Å²) in [6.07, 6.45) is 0. The molecule has 2 amide bonds. The van der Waals surface area contributed by atoms with Gasteiger partial charge < -0.3 is 15.5 Å². The van der Waals surface area contributed by atoms with Crippen molar-refractivity contribution in [1.82, 2.24) is 10.2 Å². The number of halogens is 1. The molecular formula is C15H22FN3O2. The van der Waals surface area contributed by atoms with Crippen LogP contribution >= 0.6 is 0 Å². The average molecular weight is 295 g/mol. The van der Waals surface area contributed by atoms with Crippen molar-refractivity contribution in [3.63, 3.8) is 0 Å². The third-order valence-electron chi connectivity index (χ3n) is 3.24. The van der Waals surface area contributed by atoms with Gasteiger partial charge in [-0.1, -0.05) is 19.9 Å². The van der Waals surface area contributed by atoms with Crippen molar-refractivity contribution in [2.24, 2.45) is 0 Å². The fourth-order valence-electron chi connectivity index (χ4n) is 1.81. The third-order valence-corrected chi connectivity index (χ3v) is 3.24. The monoisotopic (exact) mass is 295 g/mol. The minimum absolute atomic E-state index is 0.266. The van der Waals surface area contributed by atoms with E-state index < -0.39 is 17.6 Å². The minimum atomic E-state index is -0.794. The van der Waals surface area contributed by atoms with E-state index in [4.69, 9.17) is 0 Å². The molecule has 0 aliphatic rings. The fraction of sp³-hybridized carbons (Fsp3) is 0.467. The van der Waals surface area contributed by atoms with Crippen LogP contribution in [0, 0.1) is 12.7 Å². The van der Waals surface area contributed by atoms with Crippen LogP contribution in [0.15, 0.2) is 18.2 Å². The van der Waals surface area contributed by atoms with Crippen LogP contribution in [0.1, 0.15) is 19.4 Å². The quantitative estimate of drug-likeness (QED) is 0.782.